The van der Waals surface area contributed by atoms with Crippen molar-refractivity contribution in [1.82, 2.24) is 9.21 Å². The van der Waals surface area contributed by atoms with E-state index in [1.54, 1.807) is 4.90 Å². The number of hydrogen-bond donors (Lipinski definition) is 0. The second-order valence-electron chi connectivity index (χ2n) is 7.40. The summed E-state index contributed by atoms with van der Waals surface area (Å²) in [7, 11) is -3.71. The van der Waals surface area contributed by atoms with Crippen molar-refractivity contribution in [1.29, 1.82) is 0 Å². The summed E-state index contributed by atoms with van der Waals surface area (Å²) in [5, 5.41) is 0. The van der Waals surface area contributed by atoms with E-state index in [1.807, 2.05) is 30.3 Å². The van der Waals surface area contributed by atoms with E-state index in [9.17, 15) is 17.6 Å². The van der Waals surface area contributed by atoms with Crippen molar-refractivity contribution < 1.29 is 22.3 Å². The van der Waals surface area contributed by atoms with Gasteiger partial charge >= 0.3 is 0 Å². The van der Waals surface area contributed by atoms with Crippen LogP contribution in [0.15, 0.2) is 59.5 Å². The molecule has 0 atom stereocenters. The largest absolute Gasteiger partial charge is 0.488 e. The number of nitrogens with zero attached hydrogens (tertiary/aromatic N) is 2. The monoisotopic (exact) mass is 458 g/mol. The predicted octanol–water partition coefficient (Wildman–Crippen LogP) is 3.59. The fourth-order valence-electron chi connectivity index (χ4n) is 3.85. The van der Waals surface area contributed by atoms with Crippen LogP contribution < -0.4 is 4.74 Å². The molecule has 3 aromatic rings. The van der Waals surface area contributed by atoms with Gasteiger partial charge in [0.2, 0.25) is 10.0 Å². The molecule has 31 heavy (non-hydrogen) atoms. The number of amides is 1. The van der Waals surface area contributed by atoms with Gasteiger partial charge in [0.25, 0.3) is 5.91 Å². The van der Waals surface area contributed by atoms with Crippen molar-refractivity contribution in [3.8, 4) is 16.2 Å². The average molecular weight is 459 g/mol. The van der Waals surface area contributed by atoms with Gasteiger partial charge in [0.1, 0.15) is 18.2 Å². The van der Waals surface area contributed by atoms with Crippen molar-refractivity contribution in [2.75, 3.05) is 26.2 Å². The molecule has 2 aliphatic heterocycles. The summed E-state index contributed by atoms with van der Waals surface area (Å²) >= 11 is 1.45. The summed E-state index contributed by atoms with van der Waals surface area (Å²) in [6.45, 7) is 1.43. The van der Waals surface area contributed by atoms with E-state index in [0.29, 0.717) is 24.6 Å². The van der Waals surface area contributed by atoms with Crippen molar-refractivity contribution in [2.24, 2.45) is 0 Å². The Morgan fingerprint density at radius 2 is 1.71 bits per heavy atom. The van der Waals surface area contributed by atoms with Gasteiger partial charge in [0.05, 0.1) is 9.77 Å². The molecule has 5 rings (SSSR count). The molecule has 6 nitrogen and oxygen atoms in total. The lowest BCUT2D eigenvalue weighted by atomic mass is 10.1. The number of halogens is 1. The van der Waals surface area contributed by atoms with Crippen LogP contribution in [0, 0.1) is 5.82 Å². The zero-order chi connectivity index (χ0) is 21.6. The molecule has 0 saturated carbocycles. The van der Waals surface area contributed by atoms with Gasteiger partial charge in [-0.2, -0.15) is 4.31 Å². The number of ether oxygens (including phenoxy) is 1. The highest BCUT2D eigenvalue weighted by atomic mass is 32.2. The number of fused-ring (bicyclic) bond motifs is 3. The second-order valence-corrected chi connectivity index (χ2v) is 10.4. The first-order valence-corrected chi connectivity index (χ1v) is 12.1. The van der Waals surface area contributed by atoms with Crippen LogP contribution in [-0.4, -0.2) is 49.7 Å². The van der Waals surface area contributed by atoms with E-state index >= 15 is 0 Å². The first-order valence-electron chi connectivity index (χ1n) is 9.83. The van der Waals surface area contributed by atoms with E-state index < -0.39 is 15.8 Å². The first-order chi connectivity index (χ1) is 14.9. The number of thiophene rings is 1. The van der Waals surface area contributed by atoms with Crippen LogP contribution in [0.4, 0.5) is 4.39 Å². The molecule has 3 heterocycles. The topological polar surface area (TPSA) is 66.9 Å². The number of carbonyl (C=O) groups excluding carboxylic acids is 1. The highest BCUT2D eigenvalue weighted by Crippen LogP contribution is 2.42. The summed E-state index contributed by atoms with van der Waals surface area (Å²) in [6, 6.07) is 14.4. The van der Waals surface area contributed by atoms with Gasteiger partial charge in [-0.3, -0.25) is 4.79 Å². The SMILES string of the molecule is O=C(c1cc2c(s1)-c1ccccc1OC2)N1CCN(S(=O)(=O)c2ccc(F)cc2)CC1. The Morgan fingerprint density at radius 3 is 2.45 bits per heavy atom. The maximum absolute atomic E-state index is 13.1. The Bertz CT molecular complexity index is 1250. The molecule has 1 amide bonds. The third kappa shape index (κ3) is 3.62. The highest BCUT2D eigenvalue weighted by molar-refractivity contribution is 7.89. The minimum Gasteiger partial charge on any atom is -0.488 e. The van der Waals surface area contributed by atoms with Crippen LogP contribution in [0.2, 0.25) is 0 Å². The van der Waals surface area contributed by atoms with Crippen molar-refractivity contribution >= 4 is 27.3 Å². The average Bonchev–Trinajstić information content (AvgIpc) is 3.24. The number of benzene rings is 2. The first kappa shape index (κ1) is 20.2. The molecule has 0 radical (unpaired) electrons. The van der Waals surface area contributed by atoms with Crippen molar-refractivity contribution in [3.63, 3.8) is 0 Å². The molecule has 2 aromatic carbocycles. The van der Waals surface area contributed by atoms with Gasteiger partial charge in [-0.25, -0.2) is 12.8 Å². The molecule has 0 N–H and O–H groups in total. The maximum Gasteiger partial charge on any atom is 0.264 e. The maximum atomic E-state index is 13.1. The molecule has 2 aliphatic rings. The standard InChI is InChI=1S/C22H19FN2O4S2/c23-16-5-7-17(8-6-16)31(27,28)25-11-9-24(10-12-25)22(26)20-13-15-14-29-19-4-2-1-3-18(19)21(15)30-20/h1-8,13H,9-12,14H2. The third-order valence-electron chi connectivity index (χ3n) is 5.51. The molecular weight excluding hydrogens is 439 g/mol. The molecule has 0 unspecified atom stereocenters. The van der Waals surface area contributed by atoms with Gasteiger partial charge in [-0.15, -0.1) is 11.3 Å². The van der Waals surface area contributed by atoms with Gasteiger partial charge in [-0.1, -0.05) is 12.1 Å². The number of piperazine rings is 1. The van der Waals surface area contributed by atoms with Crippen molar-refractivity contribution in [3.05, 3.63) is 70.9 Å². The lowest BCUT2D eigenvalue weighted by Gasteiger charge is -2.33. The number of rotatable bonds is 3. The summed E-state index contributed by atoms with van der Waals surface area (Å²) in [4.78, 5) is 16.5. The summed E-state index contributed by atoms with van der Waals surface area (Å²) in [5.74, 6) is 0.229. The molecule has 0 aliphatic carbocycles. The number of sulfonamides is 1. The Balaban J connectivity index is 1.30. The van der Waals surface area contributed by atoms with Crippen LogP contribution in [0.3, 0.4) is 0 Å². The number of hydrogen-bond acceptors (Lipinski definition) is 5. The zero-order valence-corrected chi connectivity index (χ0v) is 18.1. The summed E-state index contributed by atoms with van der Waals surface area (Å²) in [5.41, 5.74) is 1.98. The number of para-hydroxylation sites is 1. The zero-order valence-electron chi connectivity index (χ0n) is 16.5. The van der Waals surface area contributed by atoms with E-state index in [-0.39, 0.29) is 23.9 Å². The van der Waals surface area contributed by atoms with Gasteiger partial charge in [0, 0.05) is 42.2 Å². The molecule has 1 fully saturated rings. The number of carbonyl (C=O) groups is 1. The molecule has 1 saturated heterocycles. The van der Waals surface area contributed by atoms with Crippen molar-refractivity contribution in [2.45, 2.75) is 11.5 Å². The van der Waals surface area contributed by atoms with Crippen LogP contribution in [0.25, 0.3) is 10.4 Å². The summed E-state index contributed by atoms with van der Waals surface area (Å²) < 4.78 is 45.8. The molecular formula is C22H19FN2O4S2. The minimum atomic E-state index is -3.71. The Morgan fingerprint density at radius 1 is 1.00 bits per heavy atom. The van der Waals surface area contributed by atoms with Gasteiger partial charge in [0.15, 0.2) is 0 Å². The predicted molar refractivity (Wildman–Crippen MR) is 115 cm³/mol. The lowest BCUT2D eigenvalue weighted by Crippen LogP contribution is -2.50. The fraction of sp³-hybridized carbons (Fsp3) is 0.227. The van der Waals surface area contributed by atoms with Gasteiger partial charge < -0.3 is 9.64 Å². The Hall–Kier alpha value is -2.75. The molecule has 1 aromatic heterocycles. The quantitative estimate of drug-likeness (QED) is 0.602. The smallest absolute Gasteiger partial charge is 0.264 e. The van der Waals surface area contributed by atoms with Crippen LogP contribution in [-0.2, 0) is 16.6 Å². The van der Waals surface area contributed by atoms with E-state index in [2.05, 4.69) is 0 Å². The van der Waals surface area contributed by atoms with E-state index in [4.69, 9.17) is 4.74 Å². The molecule has 0 spiro atoms. The Labute approximate surface area is 183 Å². The van der Waals surface area contributed by atoms with Crippen LogP contribution in [0.5, 0.6) is 5.75 Å². The lowest BCUT2D eigenvalue weighted by molar-refractivity contribution is 0.0702. The molecule has 9 heteroatoms. The van der Waals surface area contributed by atoms with Crippen LogP contribution >= 0.6 is 11.3 Å². The van der Waals surface area contributed by atoms with Gasteiger partial charge in [-0.05, 0) is 42.5 Å². The van der Waals surface area contributed by atoms with Crippen LogP contribution in [0.1, 0.15) is 15.2 Å². The second kappa shape index (κ2) is 7.74. The van der Waals surface area contributed by atoms with E-state index in [0.717, 1.165) is 33.9 Å². The normalized spacial score (nSPS) is 16.4. The molecule has 0 bridgehead atoms. The highest BCUT2D eigenvalue weighted by Gasteiger charge is 2.32. The Kier molecular flexibility index (Phi) is 5.04. The summed E-state index contributed by atoms with van der Waals surface area (Å²) in [6.07, 6.45) is 0. The molecule has 160 valence electrons. The third-order valence-corrected chi connectivity index (χ3v) is 8.62. The fourth-order valence-corrected chi connectivity index (χ4v) is 6.44. The minimum absolute atomic E-state index is 0.0540. The van der Waals surface area contributed by atoms with E-state index in [1.165, 1.54) is 27.8 Å².